The minimum absolute atomic E-state index is 0.137. The van der Waals surface area contributed by atoms with Crippen LogP contribution in [0.5, 0.6) is 0 Å². The molecule has 1 aromatic carbocycles. The molecule has 4 heteroatoms. The van der Waals surface area contributed by atoms with E-state index >= 15 is 0 Å². The highest BCUT2D eigenvalue weighted by molar-refractivity contribution is 5.74. The Bertz CT molecular complexity index is 540. The van der Waals surface area contributed by atoms with E-state index in [2.05, 4.69) is 46.3 Å². The quantitative estimate of drug-likeness (QED) is 0.867. The minimum atomic E-state index is 0.137. The summed E-state index contributed by atoms with van der Waals surface area (Å²) < 4.78 is 0. The molecule has 2 aliphatic rings. The first kappa shape index (κ1) is 19.2. The molecule has 2 amide bonds. The fraction of sp³-hybridized carbons (Fsp3) is 0.682. The van der Waals surface area contributed by atoms with Crippen molar-refractivity contribution in [3.8, 4) is 0 Å². The van der Waals surface area contributed by atoms with E-state index in [9.17, 15) is 4.79 Å². The number of carbonyl (C=O) groups excluding carboxylic acids is 1. The van der Waals surface area contributed by atoms with E-state index < -0.39 is 0 Å². The molecule has 2 saturated heterocycles. The molecule has 0 bridgehead atoms. The summed E-state index contributed by atoms with van der Waals surface area (Å²) in [6.45, 7) is 7.43. The maximum Gasteiger partial charge on any atom is 0.317 e. The summed E-state index contributed by atoms with van der Waals surface area (Å²) in [5, 5.41) is 3.17. The summed E-state index contributed by atoms with van der Waals surface area (Å²) >= 11 is 0. The number of likely N-dealkylation sites (tertiary alicyclic amines) is 2. The van der Waals surface area contributed by atoms with Gasteiger partial charge in [-0.2, -0.15) is 0 Å². The first-order chi connectivity index (χ1) is 12.7. The van der Waals surface area contributed by atoms with Gasteiger partial charge >= 0.3 is 6.03 Å². The van der Waals surface area contributed by atoms with Crippen molar-refractivity contribution in [2.75, 3.05) is 32.7 Å². The van der Waals surface area contributed by atoms with Gasteiger partial charge in [-0.15, -0.1) is 0 Å². The van der Waals surface area contributed by atoms with Gasteiger partial charge < -0.3 is 15.1 Å². The number of benzene rings is 1. The molecule has 0 unspecified atom stereocenters. The number of hydrogen-bond acceptors (Lipinski definition) is 2. The molecule has 0 radical (unpaired) electrons. The number of rotatable bonds is 5. The fourth-order valence-electron chi connectivity index (χ4n) is 4.24. The van der Waals surface area contributed by atoms with Gasteiger partial charge in [0.1, 0.15) is 0 Å². The summed E-state index contributed by atoms with van der Waals surface area (Å²) in [7, 11) is 0. The van der Waals surface area contributed by atoms with Crippen molar-refractivity contribution in [2.45, 2.75) is 57.9 Å². The first-order valence-corrected chi connectivity index (χ1v) is 10.5. The van der Waals surface area contributed by atoms with Crippen molar-refractivity contribution >= 4 is 6.03 Å². The van der Waals surface area contributed by atoms with Crippen LogP contribution < -0.4 is 5.32 Å². The van der Waals surface area contributed by atoms with Crippen molar-refractivity contribution in [1.29, 1.82) is 0 Å². The molecule has 0 saturated carbocycles. The highest BCUT2D eigenvalue weighted by atomic mass is 16.2. The third-order valence-electron chi connectivity index (χ3n) is 6.02. The Morgan fingerprint density at radius 1 is 1.04 bits per heavy atom. The largest absolute Gasteiger partial charge is 0.338 e. The second kappa shape index (κ2) is 9.96. The molecule has 4 nitrogen and oxygen atoms in total. The molecular weight excluding hydrogens is 322 g/mol. The number of urea groups is 1. The first-order valence-electron chi connectivity index (χ1n) is 10.5. The Labute approximate surface area is 158 Å². The standard InChI is InChI=1S/C22H35N3O/c1-19-12-16-24(17-13-19)18-21-10-6-3-7-15-25(21)22(26)23-14-11-20-8-4-2-5-9-20/h2,4-5,8-9,19,21H,3,6-7,10-18H2,1H3,(H,23,26)/t21-/m1/s1. The number of carbonyl (C=O) groups is 1. The van der Waals surface area contributed by atoms with Crippen LogP contribution in [-0.4, -0.2) is 54.6 Å². The van der Waals surface area contributed by atoms with Crippen LogP contribution in [0, 0.1) is 5.92 Å². The average Bonchev–Trinajstić information content (AvgIpc) is 2.90. The number of hydrogen-bond donors (Lipinski definition) is 1. The maximum absolute atomic E-state index is 12.8. The summed E-state index contributed by atoms with van der Waals surface area (Å²) in [5.41, 5.74) is 1.28. The molecule has 2 fully saturated rings. The van der Waals surface area contributed by atoms with E-state index in [0.29, 0.717) is 12.6 Å². The molecule has 3 rings (SSSR count). The van der Waals surface area contributed by atoms with E-state index in [1.807, 2.05) is 6.07 Å². The highest BCUT2D eigenvalue weighted by Crippen LogP contribution is 2.21. The normalized spacial score (nSPS) is 22.8. The van der Waals surface area contributed by atoms with Crippen molar-refractivity contribution in [1.82, 2.24) is 15.1 Å². The minimum Gasteiger partial charge on any atom is -0.338 e. The van der Waals surface area contributed by atoms with Gasteiger partial charge in [0.25, 0.3) is 0 Å². The molecule has 1 aromatic rings. The summed E-state index contributed by atoms with van der Waals surface area (Å²) in [6.07, 6.45) is 8.29. The van der Waals surface area contributed by atoms with Crippen LogP contribution in [-0.2, 0) is 6.42 Å². The van der Waals surface area contributed by atoms with Gasteiger partial charge in [0.05, 0.1) is 0 Å². The predicted octanol–water partition coefficient (Wildman–Crippen LogP) is 3.92. The number of nitrogens with zero attached hydrogens (tertiary/aromatic N) is 2. The molecule has 0 aliphatic carbocycles. The lowest BCUT2D eigenvalue weighted by molar-refractivity contribution is 0.123. The zero-order chi connectivity index (χ0) is 18.2. The van der Waals surface area contributed by atoms with Crippen molar-refractivity contribution in [3.63, 3.8) is 0 Å². The van der Waals surface area contributed by atoms with Crippen molar-refractivity contribution < 1.29 is 4.79 Å². The van der Waals surface area contributed by atoms with Gasteiger partial charge in [0, 0.05) is 25.7 Å². The topological polar surface area (TPSA) is 35.6 Å². The zero-order valence-electron chi connectivity index (χ0n) is 16.3. The van der Waals surface area contributed by atoms with Gasteiger partial charge in [-0.1, -0.05) is 50.1 Å². The predicted molar refractivity (Wildman–Crippen MR) is 107 cm³/mol. The van der Waals surface area contributed by atoms with Crippen LogP contribution in [0.15, 0.2) is 30.3 Å². The lowest BCUT2D eigenvalue weighted by atomic mass is 9.98. The monoisotopic (exact) mass is 357 g/mol. The van der Waals surface area contributed by atoms with Crippen molar-refractivity contribution in [3.05, 3.63) is 35.9 Å². The number of amides is 2. The van der Waals surface area contributed by atoms with E-state index in [-0.39, 0.29) is 6.03 Å². The van der Waals surface area contributed by atoms with Gasteiger partial charge in [0.15, 0.2) is 0 Å². The number of nitrogens with one attached hydrogen (secondary N) is 1. The Hall–Kier alpha value is -1.55. The summed E-state index contributed by atoms with van der Waals surface area (Å²) in [5.74, 6) is 0.859. The van der Waals surface area contributed by atoms with Gasteiger partial charge in [-0.05, 0) is 56.7 Å². The van der Waals surface area contributed by atoms with Crippen LogP contribution in [0.2, 0.25) is 0 Å². The molecule has 26 heavy (non-hydrogen) atoms. The number of piperidine rings is 1. The SMILES string of the molecule is CC1CCN(C[C@H]2CCCCCN2C(=O)NCCc2ccccc2)CC1. The molecule has 144 valence electrons. The third-order valence-corrected chi connectivity index (χ3v) is 6.02. The Morgan fingerprint density at radius 3 is 2.58 bits per heavy atom. The van der Waals surface area contributed by atoms with E-state index in [4.69, 9.17) is 0 Å². The molecule has 1 N–H and O–H groups in total. The maximum atomic E-state index is 12.8. The molecule has 2 aliphatic heterocycles. The third kappa shape index (κ3) is 5.73. The van der Waals surface area contributed by atoms with E-state index in [1.54, 1.807) is 0 Å². The summed E-state index contributed by atoms with van der Waals surface area (Å²) in [6, 6.07) is 10.9. The van der Waals surface area contributed by atoms with Crippen LogP contribution in [0.3, 0.4) is 0 Å². The second-order valence-corrected chi connectivity index (χ2v) is 8.15. The average molecular weight is 358 g/mol. The summed E-state index contributed by atoms with van der Waals surface area (Å²) in [4.78, 5) is 17.6. The lowest BCUT2D eigenvalue weighted by Crippen LogP contribution is -2.51. The second-order valence-electron chi connectivity index (χ2n) is 8.15. The van der Waals surface area contributed by atoms with Crippen LogP contribution >= 0.6 is 0 Å². The molecule has 2 heterocycles. The van der Waals surface area contributed by atoms with Crippen molar-refractivity contribution in [2.24, 2.45) is 5.92 Å². The zero-order valence-corrected chi connectivity index (χ0v) is 16.3. The lowest BCUT2D eigenvalue weighted by Gasteiger charge is -2.37. The van der Waals surface area contributed by atoms with Crippen LogP contribution in [0.25, 0.3) is 0 Å². The smallest absolute Gasteiger partial charge is 0.317 e. The highest BCUT2D eigenvalue weighted by Gasteiger charge is 2.28. The fourth-order valence-corrected chi connectivity index (χ4v) is 4.24. The molecule has 0 aromatic heterocycles. The van der Waals surface area contributed by atoms with E-state index in [0.717, 1.165) is 38.3 Å². The van der Waals surface area contributed by atoms with Crippen LogP contribution in [0.1, 0.15) is 51.0 Å². The molecule has 0 spiro atoms. The Kier molecular flexibility index (Phi) is 7.36. The van der Waals surface area contributed by atoms with Gasteiger partial charge in [-0.3, -0.25) is 0 Å². The Morgan fingerprint density at radius 2 is 1.81 bits per heavy atom. The van der Waals surface area contributed by atoms with E-state index in [1.165, 1.54) is 44.3 Å². The van der Waals surface area contributed by atoms with Crippen LogP contribution in [0.4, 0.5) is 4.79 Å². The van der Waals surface area contributed by atoms with Gasteiger partial charge in [0.2, 0.25) is 0 Å². The molecular formula is C22H35N3O. The molecule has 1 atom stereocenters. The Balaban J connectivity index is 1.51. The van der Waals surface area contributed by atoms with Gasteiger partial charge in [-0.25, -0.2) is 4.79 Å².